The number of hydrogen-bond acceptors (Lipinski definition) is 11. The molecule has 11 nitrogen and oxygen atoms in total. The summed E-state index contributed by atoms with van der Waals surface area (Å²) in [5.41, 5.74) is 6.55. The molecule has 2 N–H and O–H groups in total. The second kappa shape index (κ2) is 17.2. The third kappa shape index (κ3) is 12.3. The van der Waals surface area contributed by atoms with Crippen LogP contribution >= 0.6 is 0 Å². The highest BCUT2D eigenvalue weighted by Gasteiger charge is 2.25. The van der Waals surface area contributed by atoms with Gasteiger partial charge in [-0.25, -0.2) is 9.59 Å². The first-order chi connectivity index (χ1) is 18.0. The summed E-state index contributed by atoms with van der Waals surface area (Å²) in [5, 5.41) is 0. The third-order valence-electron chi connectivity index (χ3n) is 5.33. The van der Waals surface area contributed by atoms with Crippen molar-refractivity contribution in [1.29, 1.82) is 0 Å². The molecule has 0 bridgehead atoms. The van der Waals surface area contributed by atoms with E-state index < -0.39 is 42.5 Å². The van der Waals surface area contributed by atoms with Gasteiger partial charge in [0.2, 0.25) is 0 Å². The Morgan fingerprint density at radius 1 is 0.763 bits per heavy atom. The van der Waals surface area contributed by atoms with Crippen LogP contribution in [0.1, 0.15) is 72.8 Å². The fourth-order valence-electron chi connectivity index (χ4n) is 2.80. The highest BCUT2D eigenvalue weighted by atomic mass is 16.7. The number of ether oxygens (including phenoxy) is 6. The average molecular weight is 540 g/mol. The Bertz CT molecular complexity index is 917. The molecule has 0 amide bonds. The van der Waals surface area contributed by atoms with Crippen LogP contribution in [0.3, 0.4) is 0 Å². The Hall–Kier alpha value is -3.34. The van der Waals surface area contributed by atoms with Crippen molar-refractivity contribution in [1.82, 2.24) is 0 Å². The van der Waals surface area contributed by atoms with Gasteiger partial charge in [0.05, 0.1) is 19.1 Å². The SMILES string of the molecule is CCCCOC(=O)Oc1ccc(C[C@H](N)C(=O)O[C@@H](C)[C@H](C)OC(=O)C(C)C)cc1OC(=O)OCCCC. The summed E-state index contributed by atoms with van der Waals surface area (Å²) in [6, 6.07) is 3.31. The minimum atomic E-state index is -1.07. The molecule has 1 rings (SSSR count). The molecule has 1 aromatic rings. The van der Waals surface area contributed by atoms with E-state index in [-0.39, 0.29) is 37.1 Å². The normalized spacial score (nSPS) is 13.2. The second-order valence-electron chi connectivity index (χ2n) is 9.14. The van der Waals surface area contributed by atoms with Crippen molar-refractivity contribution in [2.75, 3.05) is 13.2 Å². The summed E-state index contributed by atoms with van der Waals surface area (Å²) in [7, 11) is 0. The predicted molar refractivity (Wildman–Crippen MR) is 138 cm³/mol. The highest BCUT2D eigenvalue weighted by Crippen LogP contribution is 2.30. The van der Waals surface area contributed by atoms with E-state index in [1.54, 1.807) is 33.8 Å². The van der Waals surface area contributed by atoms with Crippen molar-refractivity contribution >= 4 is 24.2 Å². The number of benzene rings is 1. The van der Waals surface area contributed by atoms with E-state index in [9.17, 15) is 19.2 Å². The molecule has 0 heterocycles. The summed E-state index contributed by atoms with van der Waals surface area (Å²) in [4.78, 5) is 48.5. The molecular weight excluding hydrogens is 498 g/mol. The van der Waals surface area contributed by atoms with E-state index in [1.807, 2.05) is 13.8 Å². The van der Waals surface area contributed by atoms with Crippen LogP contribution in [0.5, 0.6) is 11.5 Å². The molecule has 0 aromatic heterocycles. The molecule has 0 aliphatic heterocycles. The molecule has 214 valence electrons. The van der Waals surface area contributed by atoms with Gasteiger partial charge in [-0.15, -0.1) is 0 Å². The Kier molecular flexibility index (Phi) is 14.8. The molecule has 11 heteroatoms. The van der Waals surface area contributed by atoms with Gasteiger partial charge in [0, 0.05) is 0 Å². The molecule has 0 aliphatic rings. The average Bonchev–Trinajstić information content (AvgIpc) is 2.85. The molecule has 3 atom stereocenters. The van der Waals surface area contributed by atoms with E-state index in [2.05, 4.69) is 0 Å². The summed E-state index contributed by atoms with van der Waals surface area (Å²) in [6.07, 6.45) is -0.279. The van der Waals surface area contributed by atoms with Gasteiger partial charge in [0.25, 0.3) is 0 Å². The van der Waals surface area contributed by atoms with Gasteiger partial charge in [-0.2, -0.15) is 0 Å². The molecule has 0 aliphatic carbocycles. The fraction of sp³-hybridized carbons (Fsp3) is 0.630. The van der Waals surface area contributed by atoms with E-state index >= 15 is 0 Å². The lowest BCUT2D eigenvalue weighted by Crippen LogP contribution is -2.39. The van der Waals surface area contributed by atoms with Crippen LogP contribution < -0.4 is 15.2 Å². The molecule has 0 fully saturated rings. The van der Waals surface area contributed by atoms with E-state index in [0.29, 0.717) is 18.4 Å². The van der Waals surface area contributed by atoms with E-state index in [1.165, 1.54) is 12.1 Å². The zero-order valence-electron chi connectivity index (χ0n) is 23.2. The van der Waals surface area contributed by atoms with Gasteiger partial charge in [0.1, 0.15) is 18.2 Å². The number of nitrogens with two attached hydrogens (primary N) is 1. The minimum Gasteiger partial charge on any atom is -0.459 e. The van der Waals surface area contributed by atoms with Gasteiger partial charge >= 0.3 is 24.2 Å². The first-order valence-corrected chi connectivity index (χ1v) is 13.0. The minimum absolute atomic E-state index is 0.0220. The van der Waals surface area contributed by atoms with Gasteiger partial charge < -0.3 is 34.2 Å². The van der Waals surface area contributed by atoms with Gasteiger partial charge in [-0.3, -0.25) is 9.59 Å². The maximum absolute atomic E-state index is 12.5. The van der Waals surface area contributed by atoms with Crippen molar-refractivity contribution in [2.24, 2.45) is 11.7 Å². The summed E-state index contributed by atoms with van der Waals surface area (Å²) >= 11 is 0. The Morgan fingerprint density at radius 2 is 1.26 bits per heavy atom. The topological polar surface area (TPSA) is 150 Å². The third-order valence-corrected chi connectivity index (χ3v) is 5.33. The van der Waals surface area contributed by atoms with Crippen LogP contribution in [0.2, 0.25) is 0 Å². The zero-order chi connectivity index (χ0) is 28.7. The lowest BCUT2D eigenvalue weighted by atomic mass is 10.1. The maximum atomic E-state index is 12.5. The first kappa shape index (κ1) is 32.7. The fourth-order valence-corrected chi connectivity index (χ4v) is 2.80. The number of esters is 2. The van der Waals surface area contributed by atoms with Crippen LogP contribution in [0.15, 0.2) is 18.2 Å². The summed E-state index contributed by atoms with van der Waals surface area (Å²) in [6.45, 7) is 10.9. The lowest BCUT2D eigenvalue weighted by molar-refractivity contribution is -0.168. The van der Waals surface area contributed by atoms with E-state index in [4.69, 9.17) is 34.2 Å². The maximum Gasteiger partial charge on any atom is 0.513 e. The summed E-state index contributed by atoms with van der Waals surface area (Å²) < 4.78 is 31.1. The van der Waals surface area contributed by atoms with Crippen LogP contribution in [-0.2, 0) is 35.0 Å². The highest BCUT2D eigenvalue weighted by molar-refractivity contribution is 5.76. The standard InChI is InChI=1S/C27H41NO10/c1-7-9-13-33-26(31)37-22-12-11-20(16-23(22)38-27(32)34-14-10-8-2)15-21(28)25(30)36-19(6)18(5)35-24(29)17(3)4/h11-12,16-19,21H,7-10,13-15,28H2,1-6H3/t18-,19-,21-/m0/s1. The van der Waals surface area contributed by atoms with E-state index in [0.717, 1.165) is 12.8 Å². The molecule has 0 unspecified atom stereocenters. The molecule has 38 heavy (non-hydrogen) atoms. The number of hydrogen-bond donors (Lipinski definition) is 1. The van der Waals surface area contributed by atoms with Crippen molar-refractivity contribution < 1.29 is 47.6 Å². The van der Waals surface area contributed by atoms with Crippen LogP contribution in [0.25, 0.3) is 0 Å². The Balaban J connectivity index is 2.91. The van der Waals surface area contributed by atoms with Crippen molar-refractivity contribution in [3.63, 3.8) is 0 Å². The number of unbranched alkanes of at least 4 members (excludes halogenated alkanes) is 2. The lowest BCUT2D eigenvalue weighted by Gasteiger charge is -2.23. The van der Waals surface area contributed by atoms with Gasteiger partial charge in [-0.05, 0) is 50.8 Å². The molecule has 0 saturated heterocycles. The zero-order valence-corrected chi connectivity index (χ0v) is 23.2. The summed E-state index contributed by atoms with van der Waals surface area (Å²) in [5.74, 6) is -1.57. The van der Waals surface area contributed by atoms with Crippen LogP contribution in [0.4, 0.5) is 9.59 Å². The van der Waals surface area contributed by atoms with Gasteiger partial charge in [0.15, 0.2) is 11.5 Å². The second-order valence-corrected chi connectivity index (χ2v) is 9.14. The predicted octanol–water partition coefficient (Wildman–Crippen LogP) is 4.71. The largest absolute Gasteiger partial charge is 0.513 e. The van der Waals surface area contributed by atoms with Crippen LogP contribution in [-0.4, -0.2) is 55.7 Å². The van der Waals surface area contributed by atoms with Crippen molar-refractivity contribution in [3.05, 3.63) is 23.8 Å². The molecule has 0 saturated carbocycles. The van der Waals surface area contributed by atoms with Gasteiger partial charge in [-0.1, -0.05) is 46.6 Å². The Morgan fingerprint density at radius 3 is 1.76 bits per heavy atom. The molecular formula is C27H41NO10. The Labute approximate surface area is 224 Å². The number of rotatable bonds is 15. The number of carbonyl (C=O) groups is 4. The van der Waals surface area contributed by atoms with Crippen molar-refractivity contribution in [3.8, 4) is 11.5 Å². The smallest absolute Gasteiger partial charge is 0.459 e. The van der Waals surface area contributed by atoms with Crippen molar-refractivity contribution in [2.45, 2.75) is 91.9 Å². The first-order valence-electron chi connectivity index (χ1n) is 13.0. The van der Waals surface area contributed by atoms with Crippen LogP contribution in [0, 0.1) is 5.92 Å². The number of carbonyl (C=O) groups excluding carboxylic acids is 4. The quantitative estimate of drug-likeness (QED) is 0.143. The monoisotopic (exact) mass is 539 g/mol. The molecule has 0 spiro atoms. The molecule has 0 radical (unpaired) electrons. The molecule has 1 aromatic carbocycles.